The molecular formula is C20H14Cl2O2S. The molecule has 0 bridgehead atoms. The third-order valence-electron chi connectivity index (χ3n) is 4.30. The van der Waals surface area contributed by atoms with Crippen LogP contribution in [0.4, 0.5) is 0 Å². The van der Waals surface area contributed by atoms with E-state index in [1.165, 1.54) is 11.3 Å². The zero-order chi connectivity index (χ0) is 17.9. The van der Waals surface area contributed by atoms with Crippen LogP contribution in [0.15, 0.2) is 77.5 Å². The molecule has 0 fully saturated rings. The van der Waals surface area contributed by atoms with Crippen LogP contribution in [0, 0.1) is 0 Å². The lowest BCUT2D eigenvalue weighted by Gasteiger charge is -2.35. The molecule has 1 aromatic heterocycles. The fourth-order valence-corrected chi connectivity index (χ4v) is 4.54. The van der Waals surface area contributed by atoms with Gasteiger partial charge in [0.05, 0.1) is 0 Å². The summed E-state index contributed by atoms with van der Waals surface area (Å²) in [6, 6.07) is 20.4. The molecule has 0 aliphatic carbocycles. The highest BCUT2D eigenvalue weighted by atomic mass is 35.5. The summed E-state index contributed by atoms with van der Waals surface area (Å²) in [5.41, 5.74) is 0.409. The fraction of sp³-hybridized carbons (Fsp3) is 0.100. The molecular weight excluding hydrogens is 375 g/mol. The number of hydrogen-bond donors (Lipinski definition) is 0. The normalized spacial score (nSPS) is 11.5. The fourth-order valence-electron chi connectivity index (χ4n) is 3.17. The number of carbonyl (C=O) groups is 2. The van der Waals surface area contributed by atoms with Crippen LogP contribution in [0.2, 0.25) is 0 Å². The molecule has 2 nitrogen and oxygen atoms in total. The first kappa shape index (κ1) is 17.9. The van der Waals surface area contributed by atoms with Gasteiger partial charge in [0.2, 0.25) is 10.5 Å². The van der Waals surface area contributed by atoms with E-state index < -0.39 is 21.8 Å². The Balaban J connectivity index is 2.35. The van der Waals surface area contributed by atoms with E-state index >= 15 is 0 Å². The molecule has 0 amide bonds. The summed E-state index contributed by atoms with van der Waals surface area (Å²) in [6.07, 6.45) is 0. The third-order valence-corrected chi connectivity index (χ3v) is 5.57. The first-order valence-corrected chi connectivity index (χ1v) is 9.30. The molecule has 0 radical (unpaired) electrons. The predicted octanol–water partition coefficient (Wildman–Crippen LogP) is 5.35. The molecule has 0 saturated heterocycles. The second kappa shape index (κ2) is 7.52. The summed E-state index contributed by atoms with van der Waals surface area (Å²) in [4.78, 5) is 25.3. The van der Waals surface area contributed by atoms with Crippen molar-refractivity contribution >= 4 is 45.0 Å². The van der Waals surface area contributed by atoms with Crippen molar-refractivity contribution < 1.29 is 9.59 Å². The quantitative estimate of drug-likeness (QED) is 0.421. The molecule has 126 valence electrons. The maximum Gasteiger partial charge on any atom is 0.242 e. The molecule has 2 aromatic carbocycles. The summed E-state index contributed by atoms with van der Waals surface area (Å²) in [7, 11) is 0. The molecule has 3 aromatic rings. The Morgan fingerprint density at radius 3 is 1.64 bits per heavy atom. The number of hydrogen-bond acceptors (Lipinski definition) is 3. The average molecular weight is 389 g/mol. The molecule has 0 unspecified atom stereocenters. The number of rotatable bonds is 6. The first-order valence-electron chi connectivity index (χ1n) is 7.61. The van der Waals surface area contributed by atoms with Crippen LogP contribution in [-0.4, -0.2) is 10.5 Å². The van der Waals surface area contributed by atoms with Gasteiger partial charge in [0.1, 0.15) is 0 Å². The summed E-state index contributed by atoms with van der Waals surface area (Å²) in [5, 5.41) is 1.98. The Morgan fingerprint density at radius 1 is 0.800 bits per heavy atom. The van der Waals surface area contributed by atoms with Crippen molar-refractivity contribution in [3.05, 3.63) is 94.2 Å². The van der Waals surface area contributed by atoms with E-state index in [9.17, 15) is 9.59 Å². The highest BCUT2D eigenvalue weighted by Gasteiger charge is 2.53. The van der Waals surface area contributed by atoms with Crippen LogP contribution >= 0.6 is 34.5 Å². The summed E-state index contributed by atoms with van der Waals surface area (Å²) >= 11 is 13.5. The largest absolute Gasteiger partial charge is 0.280 e. The van der Waals surface area contributed by atoms with Crippen LogP contribution in [0.1, 0.15) is 22.6 Å². The van der Waals surface area contributed by atoms with Crippen molar-refractivity contribution in [2.75, 3.05) is 0 Å². The van der Waals surface area contributed by atoms with Crippen molar-refractivity contribution in [3.63, 3.8) is 0 Å². The minimum Gasteiger partial charge on any atom is -0.280 e. The van der Waals surface area contributed by atoms with Crippen LogP contribution in [-0.2, 0) is 15.0 Å². The van der Waals surface area contributed by atoms with Crippen LogP contribution in [0.25, 0.3) is 0 Å². The lowest BCUT2D eigenvalue weighted by Crippen LogP contribution is -2.45. The van der Waals surface area contributed by atoms with Crippen molar-refractivity contribution in [2.45, 2.75) is 11.3 Å². The number of benzene rings is 2. The average Bonchev–Trinajstić information content (AvgIpc) is 3.15. The van der Waals surface area contributed by atoms with Gasteiger partial charge in [-0.2, -0.15) is 11.3 Å². The minimum absolute atomic E-state index is 0.509. The zero-order valence-corrected chi connectivity index (χ0v) is 15.4. The Morgan fingerprint density at radius 2 is 1.28 bits per heavy atom. The van der Waals surface area contributed by atoms with Gasteiger partial charge in [-0.15, -0.1) is 0 Å². The highest BCUT2D eigenvalue weighted by Crippen LogP contribution is 2.47. The van der Waals surface area contributed by atoms with Crippen molar-refractivity contribution in [2.24, 2.45) is 0 Å². The number of halogens is 2. The molecule has 1 heterocycles. The molecule has 3 rings (SSSR count). The molecule has 0 aliphatic rings. The summed E-state index contributed by atoms with van der Waals surface area (Å²) in [5.74, 6) is -0.625. The maximum atomic E-state index is 12.7. The van der Waals surface area contributed by atoms with Crippen LogP contribution in [0.5, 0.6) is 0 Å². The lowest BCUT2D eigenvalue weighted by molar-refractivity contribution is -0.126. The Labute approximate surface area is 160 Å². The van der Waals surface area contributed by atoms with Crippen molar-refractivity contribution in [1.82, 2.24) is 0 Å². The SMILES string of the molecule is O=C(Cl)C(C(=O)Cl)(c1ccsc1)C(c1ccccc1)c1ccccc1. The van der Waals surface area contributed by atoms with E-state index in [-0.39, 0.29) is 0 Å². The van der Waals surface area contributed by atoms with Gasteiger partial charge < -0.3 is 0 Å². The predicted molar refractivity (Wildman–Crippen MR) is 102 cm³/mol. The summed E-state index contributed by atoms with van der Waals surface area (Å²) in [6.45, 7) is 0. The van der Waals surface area contributed by atoms with Gasteiger partial charge in [-0.1, -0.05) is 60.7 Å². The standard InChI is InChI=1S/C20H14Cl2O2S/c21-18(23)20(19(22)24,16-11-12-25-13-16)17(14-7-3-1-4-8-14)15-9-5-2-6-10-15/h1-13,17H. The molecule has 5 heteroatoms. The van der Waals surface area contributed by atoms with Gasteiger partial charge in [-0.3, -0.25) is 9.59 Å². The molecule has 0 saturated carbocycles. The molecule has 0 atom stereocenters. The van der Waals surface area contributed by atoms with Crippen molar-refractivity contribution in [3.8, 4) is 0 Å². The topological polar surface area (TPSA) is 34.1 Å². The van der Waals surface area contributed by atoms with E-state index in [1.54, 1.807) is 16.8 Å². The van der Waals surface area contributed by atoms with E-state index in [0.717, 1.165) is 11.1 Å². The second-order valence-corrected chi connectivity index (χ2v) is 7.09. The molecule has 25 heavy (non-hydrogen) atoms. The van der Waals surface area contributed by atoms with Crippen molar-refractivity contribution in [1.29, 1.82) is 0 Å². The number of thiophene rings is 1. The van der Waals surface area contributed by atoms with Gasteiger partial charge in [-0.05, 0) is 56.7 Å². The van der Waals surface area contributed by atoms with Gasteiger partial charge in [0.25, 0.3) is 0 Å². The van der Waals surface area contributed by atoms with Gasteiger partial charge in [0, 0.05) is 5.92 Å². The van der Waals surface area contributed by atoms with Crippen LogP contribution in [0.3, 0.4) is 0 Å². The zero-order valence-electron chi connectivity index (χ0n) is 13.1. The maximum absolute atomic E-state index is 12.7. The lowest BCUT2D eigenvalue weighted by atomic mass is 9.67. The summed E-state index contributed by atoms with van der Waals surface area (Å²) < 4.78 is 0. The van der Waals surface area contributed by atoms with E-state index in [4.69, 9.17) is 23.2 Å². The highest BCUT2D eigenvalue weighted by molar-refractivity contribution is 7.08. The molecule has 0 N–H and O–H groups in total. The number of carbonyl (C=O) groups excluding carboxylic acids is 2. The second-order valence-electron chi connectivity index (χ2n) is 5.62. The monoisotopic (exact) mass is 388 g/mol. The Kier molecular flexibility index (Phi) is 5.38. The van der Waals surface area contributed by atoms with E-state index in [1.807, 2.05) is 60.7 Å². The molecule has 0 aliphatic heterocycles. The Hall–Kier alpha value is -1.94. The van der Waals surface area contributed by atoms with Gasteiger partial charge in [-0.25, -0.2) is 0 Å². The van der Waals surface area contributed by atoms with Gasteiger partial charge in [0.15, 0.2) is 5.41 Å². The smallest absolute Gasteiger partial charge is 0.242 e. The molecule has 0 spiro atoms. The van der Waals surface area contributed by atoms with E-state index in [0.29, 0.717) is 5.56 Å². The van der Waals surface area contributed by atoms with Gasteiger partial charge >= 0.3 is 0 Å². The van der Waals surface area contributed by atoms with E-state index in [2.05, 4.69) is 0 Å². The van der Waals surface area contributed by atoms with Crippen LogP contribution < -0.4 is 0 Å². The first-order chi connectivity index (χ1) is 12.1. The minimum atomic E-state index is -1.69. The third kappa shape index (κ3) is 3.15. The Bertz CT molecular complexity index is 808.